The van der Waals surface area contributed by atoms with Crippen molar-refractivity contribution in [3.05, 3.63) is 88.8 Å². The molecule has 4 rings (SSSR count). The molecule has 1 heterocycles. The van der Waals surface area contributed by atoms with Crippen LogP contribution in [0, 0.1) is 17.2 Å². The number of methoxy groups -OCH3 is 1. The lowest BCUT2D eigenvalue weighted by Gasteiger charge is -2.27. The summed E-state index contributed by atoms with van der Waals surface area (Å²) >= 11 is 0. The van der Waals surface area contributed by atoms with E-state index in [1.54, 1.807) is 43.5 Å². The predicted octanol–water partition coefficient (Wildman–Crippen LogP) is 6.74. The van der Waals surface area contributed by atoms with Crippen LogP contribution in [0.1, 0.15) is 67.4 Å². The Hall–Kier alpha value is -4.64. The van der Waals surface area contributed by atoms with E-state index < -0.39 is 11.9 Å². The molecule has 8 heteroatoms. The molecule has 2 N–H and O–H groups in total. The second-order valence-corrected chi connectivity index (χ2v) is 10.2. The highest BCUT2D eigenvalue weighted by Crippen LogP contribution is 2.45. The second kappa shape index (κ2) is 13.6. The fourth-order valence-corrected chi connectivity index (χ4v) is 4.48. The molecule has 0 aromatic heterocycles. The van der Waals surface area contributed by atoms with Gasteiger partial charge in [-0.1, -0.05) is 51.5 Å². The SMILES string of the molecule is CCCCOc1ccccc1C(=O)Oc1ccc2c(c1)OC(N)=C(C#N)C2c1ccc(OCCC(C)C)c(OC)c1. The molecular formula is C33H36N2O6. The van der Waals surface area contributed by atoms with E-state index in [0.29, 0.717) is 53.3 Å². The van der Waals surface area contributed by atoms with E-state index in [4.69, 9.17) is 29.4 Å². The second-order valence-electron chi connectivity index (χ2n) is 10.2. The number of nitrogens with two attached hydrogens (primary N) is 1. The average Bonchev–Trinajstić information content (AvgIpc) is 2.96. The minimum Gasteiger partial charge on any atom is -0.493 e. The summed E-state index contributed by atoms with van der Waals surface area (Å²) in [4.78, 5) is 13.1. The molecule has 0 aliphatic carbocycles. The van der Waals surface area contributed by atoms with Crippen LogP contribution >= 0.6 is 0 Å². The summed E-state index contributed by atoms with van der Waals surface area (Å²) in [5.74, 6) is 1.75. The van der Waals surface area contributed by atoms with E-state index in [1.165, 1.54) is 0 Å². The number of para-hydroxylation sites is 1. The molecule has 0 saturated heterocycles. The van der Waals surface area contributed by atoms with Crippen LogP contribution in [0.5, 0.6) is 28.7 Å². The Balaban J connectivity index is 1.61. The molecular weight excluding hydrogens is 520 g/mol. The van der Waals surface area contributed by atoms with Crippen molar-refractivity contribution in [1.82, 2.24) is 0 Å². The molecule has 0 saturated carbocycles. The van der Waals surface area contributed by atoms with Gasteiger partial charge in [0.25, 0.3) is 0 Å². The van der Waals surface area contributed by atoms with Crippen LogP contribution in [0.15, 0.2) is 72.1 Å². The van der Waals surface area contributed by atoms with E-state index in [9.17, 15) is 10.1 Å². The van der Waals surface area contributed by atoms with Crippen LogP contribution in [0.3, 0.4) is 0 Å². The third-order valence-corrected chi connectivity index (χ3v) is 6.74. The number of nitriles is 1. The van der Waals surface area contributed by atoms with Gasteiger partial charge in [-0.3, -0.25) is 0 Å². The number of unbranched alkanes of at least 4 members (excludes halogenated alkanes) is 1. The lowest BCUT2D eigenvalue weighted by atomic mass is 9.83. The fraction of sp³-hybridized carbons (Fsp3) is 0.333. The molecule has 3 aromatic carbocycles. The molecule has 1 aliphatic rings. The summed E-state index contributed by atoms with van der Waals surface area (Å²) in [5, 5.41) is 9.97. The molecule has 1 atom stereocenters. The number of carbonyl (C=O) groups is 1. The number of benzene rings is 3. The first-order valence-electron chi connectivity index (χ1n) is 13.8. The average molecular weight is 557 g/mol. The van der Waals surface area contributed by atoms with Gasteiger partial charge in [0.15, 0.2) is 11.5 Å². The summed E-state index contributed by atoms with van der Waals surface area (Å²) in [7, 11) is 1.58. The number of rotatable bonds is 12. The Morgan fingerprint density at radius 3 is 2.54 bits per heavy atom. The quantitative estimate of drug-likeness (QED) is 0.148. The standard InChI is InChI=1S/C33H36N2O6/c1-5-6-16-38-27-10-8-7-9-25(27)33(36)40-23-12-13-24-29(19-23)41-32(35)26(20-34)31(24)22-11-14-28(30(18-22)37-4)39-17-15-21(2)3/h7-14,18-19,21,31H,5-6,15-17,35H2,1-4H3. The van der Waals surface area contributed by atoms with Gasteiger partial charge in [0.1, 0.15) is 34.5 Å². The van der Waals surface area contributed by atoms with Gasteiger partial charge in [-0.25, -0.2) is 4.79 Å². The third kappa shape index (κ3) is 6.93. The molecule has 0 fully saturated rings. The van der Waals surface area contributed by atoms with Crippen molar-refractivity contribution >= 4 is 5.97 Å². The molecule has 0 spiro atoms. The number of ether oxygens (including phenoxy) is 5. The monoisotopic (exact) mass is 556 g/mol. The summed E-state index contributed by atoms with van der Waals surface area (Å²) in [6.07, 6.45) is 2.78. The van der Waals surface area contributed by atoms with Crippen molar-refractivity contribution in [1.29, 1.82) is 5.26 Å². The van der Waals surface area contributed by atoms with Crippen molar-refractivity contribution in [2.75, 3.05) is 20.3 Å². The van der Waals surface area contributed by atoms with E-state index in [1.807, 2.05) is 24.3 Å². The Bertz CT molecular complexity index is 1460. The number of esters is 1. The van der Waals surface area contributed by atoms with Crippen molar-refractivity contribution in [3.8, 4) is 34.8 Å². The van der Waals surface area contributed by atoms with Crippen LogP contribution in [0.2, 0.25) is 0 Å². The number of nitrogens with zero attached hydrogens (tertiary/aromatic N) is 1. The molecule has 3 aromatic rings. The van der Waals surface area contributed by atoms with Gasteiger partial charge in [0.05, 0.1) is 26.2 Å². The van der Waals surface area contributed by atoms with Crippen LogP contribution in [-0.4, -0.2) is 26.3 Å². The number of hydrogen-bond donors (Lipinski definition) is 1. The van der Waals surface area contributed by atoms with Crippen LogP contribution in [0.25, 0.3) is 0 Å². The smallest absolute Gasteiger partial charge is 0.347 e. The molecule has 41 heavy (non-hydrogen) atoms. The van der Waals surface area contributed by atoms with Crippen LogP contribution < -0.4 is 29.4 Å². The molecule has 0 radical (unpaired) electrons. The first-order valence-corrected chi connectivity index (χ1v) is 13.8. The van der Waals surface area contributed by atoms with Gasteiger partial charge in [-0.15, -0.1) is 0 Å². The highest BCUT2D eigenvalue weighted by Gasteiger charge is 2.32. The number of carbonyl (C=O) groups excluding carboxylic acids is 1. The first-order chi connectivity index (χ1) is 19.9. The molecule has 0 amide bonds. The Labute approximate surface area is 241 Å². The maximum Gasteiger partial charge on any atom is 0.347 e. The van der Waals surface area contributed by atoms with Crippen molar-refractivity contribution in [3.63, 3.8) is 0 Å². The zero-order chi connectivity index (χ0) is 29.4. The van der Waals surface area contributed by atoms with Crippen LogP contribution in [-0.2, 0) is 0 Å². The van der Waals surface area contributed by atoms with Gasteiger partial charge in [-0.05, 0) is 54.7 Å². The summed E-state index contributed by atoms with van der Waals surface area (Å²) in [6.45, 7) is 7.43. The molecule has 1 aliphatic heterocycles. The Morgan fingerprint density at radius 1 is 1.02 bits per heavy atom. The highest BCUT2D eigenvalue weighted by molar-refractivity contribution is 5.94. The first kappa shape index (κ1) is 29.3. The Morgan fingerprint density at radius 2 is 1.80 bits per heavy atom. The number of hydrogen-bond acceptors (Lipinski definition) is 8. The van der Waals surface area contributed by atoms with Gasteiger partial charge in [-0.2, -0.15) is 5.26 Å². The topological polar surface area (TPSA) is 113 Å². The number of allylic oxidation sites excluding steroid dienone is 1. The van der Waals surface area contributed by atoms with Gasteiger partial charge in [0.2, 0.25) is 5.88 Å². The maximum atomic E-state index is 13.1. The largest absolute Gasteiger partial charge is 0.493 e. The lowest BCUT2D eigenvalue weighted by molar-refractivity contribution is 0.0730. The van der Waals surface area contributed by atoms with E-state index in [-0.39, 0.29) is 17.2 Å². The van der Waals surface area contributed by atoms with Gasteiger partial charge < -0.3 is 29.4 Å². The maximum absolute atomic E-state index is 13.1. The number of fused-ring (bicyclic) bond motifs is 1. The van der Waals surface area contributed by atoms with Crippen molar-refractivity contribution < 1.29 is 28.5 Å². The lowest BCUT2D eigenvalue weighted by Crippen LogP contribution is -2.21. The minimum absolute atomic E-state index is 0.0145. The zero-order valence-electron chi connectivity index (χ0n) is 23.9. The van der Waals surface area contributed by atoms with E-state index >= 15 is 0 Å². The van der Waals surface area contributed by atoms with Crippen molar-refractivity contribution in [2.24, 2.45) is 11.7 Å². The molecule has 0 bridgehead atoms. The van der Waals surface area contributed by atoms with E-state index in [2.05, 4.69) is 26.8 Å². The van der Waals surface area contributed by atoms with Crippen molar-refractivity contribution in [2.45, 2.75) is 46.0 Å². The molecule has 214 valence electrons. The Kier molecular flexibility index (Phi) is 9.75. The molecule has 8 nitrogen and oxygen atoms in total. The highest BCUT2D eigenvalue weighted by atomic mass is 16.5. The summed E-state index contributed by atoms with van der Waals surface area (Å²) in [5.41, 5.74) is 8.29. The summed E-state index contributed by atoms with van der Waals surface area (Å²) in [6, 6.07) is 19.8. The van der Waals surface area contributed by atoms with Gasteiger partial charge in [0, 0.05) is 11.6 Å². The predicted molar refractivity (Wildman–Crippen MR) is 155 cm³/mol. The summed E-state index contributed by atoms with van der Waals surface area (Å²) < 4.78 is 28.9. The molecule has 1 unspecified atom stereocenters. The van der Waals surface area contributed by atoms with E-state index in [0.717, 1.165) is 24.8 Å². The zero-order valence-corrected chi connectivity index (χ0v) is 23.9. The fourth-order valence-electron chi connectivity index (χ4n) is 4.48. The minimum atomic E-state index is -0.552. The van der Waals surface area contributed by atoms with Crippen LogP contribution in [0.4, 0.5) is 0 Å². The normalized spacial score (nSPS) is 14.1. The third-order valence-electron chi connectivity index (χ3n) is 6.74. The van der Waals surface area contributed by atoms with Gasteiger partial charge >= 0.3 is 5.97 Å².